The molecule has 0 bridgehead atoms. The number of hydrogen-bond donors (Lipinski definition) is 1. The molecule has 5 heteroatoms. The lowest BCUT2D eigenvalue weighted by molar-refractivity contribution is 0.160. The molecule has 0 spiro atoms. The quantitative estimate of drug-likeness (QED) is 0.857. The van der Waals surface area contributed by atoms with Crippen molar-refractivity contribution in [1.82, 2.24) is 9.78 Å². The second-order valence-electron chi connectivity index (χ2n) is 4.97. The first-order valence-corrected chi connectivity index (χ1v) is 6.26. The fourth-order valence-electron chi connectivity index (χ4n) is 2.60. The highest BCUT2D eigenvalue weighted by Gasteiger charge is 2.29. The maximum absolute atomic E-state index is 13.2. The Morgan fingerprint density at radius 3 is 2.89 bits per heavy atom. The molecular formula is C14H16FN3O. The van der Waals surface area contributed by atoms with Crippen LogP contribution in [0.25, 0.3) is 0 Å². The van der Waals surface area contributed by atoms with Crippen LogP contribution < -0.4 is 10.5 Å². The summed E-state index contributed by atoms with van der Waals surface area (Å²) in [6.07, 6.45) is 2.45. The van der Waals surface area contributed by atoms with Crippen molar-refractivity contribution in [3.8, 4) is 5.75 Å². The molecule has 1 aliphatic heterocycles. The molecule has 4 nitrogen and oxygen atoms in total. The van der Waals surface area contributed by atoms with Crippen molar-refractivity contribution >= 4 is 0 Å². The summed E-state index contributed by atoms with van der Waals surface area (Å²) in [5.41, 5.74) is 8.83. The van der Waals surface area contributed by atoms with Gasteiger partial charge in [0, 0.05) is 36.8 Å². The Labute approximate surface area is 111 Å². The SMILES string of the molecule is Cc1nn(C)cc1C1C[C@@H](N)c2cc(F)ccc2O1. The zero-order valence-corrected chi connectivity index (χ0v) is 10.9. The van der Waals surface area contributed by atoms with Crippen molar-refractivity contribution in [1.29, 1.82) is 0 Å². The largest absolute Gasteiger partial charge is 0.485 e. The minimum atomic E-state index is -0.284. The smallest absolute Gasteiger partial charge is 0.129 e. The zero-order chi connectivity index (χ0) is 13.6. The van der Waals surface area contributed by atoms with E-state index in [0.717, 1.165) is 16.8 Å². The Balaban J connectivity index is 1.97. The molecule has 0 radical (unpaired) electrons. The molecule has 0 fully saturated rings. The normalized spacial score (nSPS) is 21.9. The van der Waals surface area contributed by atoms with E-state index in [-0.39, 0.29) is 18.0 Å². The maximum Gasteiger partial charge on any atom is 0.129 e. The van der Waals surface area contributed by atoms with E-state index in [9.17, 15) is 4.39 Å². The van der Waals surface area contributed by atoms with Crippen molar-refractivity contribution in [2.75, 3.05) is 0 Å². The summed E-state index contributed by atoms with van der Waals surface area (Å²) in [7, 11) is 1.88. The fourth-order valence-corrected chi connectivity index (χ4v) is 2.60. The van der Waals surface area contributed by atoms with Crippen molar-refractivity contribution in [3.05, 3.63) is 47.0 Å². The summed E-state index contributed by atoms with van der Waals surface area (Å²) in [5, 5.41) is 4.32. The third-order valence-corrected chi connectivity index (χ3v) is 3.51. The lowest BCUT2D eigenvalue weighted by Gasteiger charge is -2.30. The van der Waals surface area contributed by atoms with Crippen LogP contribution in [-0.4, -0.2) is 9.78 Å². The van der Waals surface area contributed by atoms with Crippen LogP contribution in [0.15, 0.2) is 24.4 Å². The molecule has 3 rings (SSSR count). The number of benzene rings is 1. The van der Waals surface area contributed by atoms with Crippen LogP contribution >= 0.6 is 0 Å². The van der Waals surface area contributed by atoms with Gasteiger partial charge in [-0.15, -0.1) is 0 Å². The lowest BCUT2D eigenvalue weighted by Crippen LogP contribution is -2.24. The molecule has 1 aliphatic rings. The predicted octanol–water partition coefficient (Wildman–Crippen LogP) is 2.39. The molecule has 2 N–H and O–H groups in total. The van der Waals surface area contributed by atoms with Gasteiger partial charge in [-0.1, -0.05) is 0 Å². The molecule has 1 unspecified atom stereocenters. The van der Waals surface area contributed by atoms with E-state index in [0.29, 0.717) is 12.2 Å². The molecular weight excluding hydrogens is 245 g/mol. The number of aromatic nitrogens is 2. The average molecular weight is 261 g/mol. The van der Waals surface area contributed by atoms with E-state index < -0.39 is 0 Å². The fraction of sp³-hybridized carbons (Fsp3) is 0.357. The Morgan fingerprint density at radius 1 is 1.42 bits per heavy atom. The molecule has 0 saturated carbocycles. The van der Waals surface area contributed by atoms with Gasteiger partial charge in [0.05, 0.1) is 5.69 Å². The van der Waals surface area contributed by atoms with Crippen LogP contribution in [0.5, 0.6) is 5.75 Å². The minimum absolute atomic E-state index is 0.123. The van der Waals surface area contributed by atoms with Gasteiger partial charge in [-0.3, -0.25) is 4.68 Å². The summed E-state index contributed by atoms with van der Waals surface area (Å²) >= 11 is 0. The number of ether oxygens (including phenoxy) is 1. The lowest BCUT2D eigenvalue weighted by atomic mass is 9.94. The van der Waals surface area contributed by atoms with E-state index in [4.69, 9.17) is 10.5 Å². The van der Waals surface area contributed by atoms with Crippen LogP contribution in [0.1, 0.15) is 35.4 Å². The van der Waals surface area contributed by atoms with Gasteiger partial charge < -0.3 is 10.5 Å². The van der Waals surface area contributed by atoms with Crippen LogP contribution in [-0.2, 0) is 7.05 Å². The minimum Gasteiger partial charge on any atom is -0.485 e. The second-order valence-corrected chi connectivity index (χ2v) is 4.97. The third-order valence-electron chi connectivity index (χ3n) is 3.51. The third kappa shape index (κ3) is 2.10. The van der Waals surface area contributed by atoms with Gasteiger partial charge in [-0.05, 0) is 25.1 Å². The van der Waals surface area contributed by atoms with Crippen LogP contribution in [0.2, 0.25) is 0 Å². The first-order chi connectivity index (χ1) is 9.04. The Kier molecular flexibility index (Phi) is 2.78. The summed E-state index contributed by atoms with van der Waals surface area (Å²) in [6.45, 7) is 1.95. The molecule has 0 aliphatic carbocycles. The number of aryl methyl sites for hydroxylation is 2. The van der Waals surface area contributed by atoms with Crippen LogP contribution in [0.3, 0.4) is 0 Å². The molecule has 19 heavy (non-hydrogen) atoms. The monoisotopic (exact) mass is 261 g/mol. The van der Waals surface area contributed by atoms with Gasteiger partial charge in [0.15, 0.2) is 0 Å². The Hall–Kier alpha value is -1.88. The molecule has 1 aromatic heterocycles. The first-order valence-electron chi connectivity index (χ1n) is 6.26. The van der Waals surface area contributed by atoms with Gasteiger partial charge in [0.1, 0.15) is 17.7 Å². The number of nitrogens with two attached hydrogens (primary N) is 1. The standard InChI is InChI=1S/C14H16FN3O/c1-8-11(7-18(2)17-8)14-6-12(16)10-5-9(15)3-4-13(10)19-14/h3-5,7,12,14H,6,16H2,1-2H3/t12-,14?/m1/s1. The van der Waals surface area contributed by atoms with Crippen molar-refractivity contribution in [2.24, 2.45) is 12.8 Å². The van der Waals surface area contributed by atoms with E-state index in [2.05, 4.69) is 5.10 Å². The Morgan fingerprint density at radius 2 is 2.21 bits per heavy atom. The first kappa shape index (κ1) is 12.2. The zero-order valence-electron chi connectivity index (χ0n) is 10.9. The number of fused-ring (bicyclic) bond motifs is 1. The summed E-state index contributed by atoms with van der Waals surface area (Å²) < 4.78 is 20.9. The van der Waals surface area contributed by atoms with Gasteiger partial charge in [0.2, 0.25) is 0 Å². The summed E-state index contributed by atoms with van der Waals surface area (Å²) in [4.78, 5) is 0. The highest BCUT2D eigenvalue weighted by Crippen LogP contribution is 2.40. The molecule has 100 valence electrons. The Bertz CT molecular complexity index is 623. The highest BCUT2D eigenvalue weighted by molar-refractivity contribution is 5.39. The van der Waals surface area contributed by atoms with Gasteiger partial charge in [-0.2, -0.15) is 5.10 Å². The van der Waals surface area contributed by atoms with Gasteiger partial charge >= 0.3 is 0 Å². The molecule has 0 saturated heterocycles. The van der Waals surface area contributed by atoms with Crippen molar-refractivity contribution in [3.63, 3.8) is 0 Å². The highest BCUT2D eigenvalue weighted by atomic mass is 19.1. The van der Waals surface area contributed by atoms with Gasteiger partial charge in [-0.25, -0.2) is 4.39 Å². The van der Waals surface area contributed by atoms with Crippen LogP contribution in [0, 0.1) is 12.7 Å². The summed E-state index contributed by atoms with van der Waals surface area (Å²) in [5.74, 6) is 0.377. The number of nitrogens with zero attached hydrogens (tertiary/aromatic N) is 2. The topological polar surface area (TPSA) is 53.1 Å². The molecule has 2 aromatic rings. The maximum atomic E-state index is 13.2. The number of halogens is 1. The van der Waals surface area contributed by atoms with Crippen molar-refractivity contribution < 1.29 is 9.13 Å². The molecule has 0 amide bonds. The van der Waals surface area contributed by atoms with E-state index in [1.165, 1.54) is 12.1 Å². The molecule has 2 atom stereocenters. The molecule has 2 heterocycles. The van der Waals surface area contributed by atoms with Gasteiger partial charge in [0.25, 0.3) is 0 Å². The van der Waals surface area contributed by atoms with E-state index in [1.54, 1.807) is 10.7 Å². The second kappa shape index (κ2) is 4.35. The number of hydrogen-bond acceptors (Lipinski definition) is 3. The van der Waals surface area contributed by atoms with Crippen LogP contribution in [0.4, 0.5) is 4.39 Å². The van der Waals surface area contributed by atoms with E-state index in [1.807, 2.05) is 20.2 Å². The number of rotatable bonds is 1. The van der Waals surface area contributed by atoms with E-state index >= 15 is 0 Å². The average Bonchev–Trinajstić information content (AvgIpc) is 2.69. The predicted molar refractivity (Wildman–Crippen MR) is 69.3 cm³/mol. The molecule has 1 aromatic carbocycles. The van der Waals surface area contributed by atoms with Crippen molar-refractivity contribution in [2.45, 2.75) is 25.5 Å². The summed E-state index contributed by atoms with van der Waals surface area (Å²) in [6, 6.07) is 4.27.